The molecule has 0 aliphatic rings. The zero-order valence-corrected chi connectivity index (χ0v) is 11.7. The first-order valence-corrected chi connectivity index (χ1v) is 7.16. The van der Waals surface area contributed by atoms with Gasteiger partial charge in [0.25, 0.3) is 0 Å². The summed E-state index contributed by atoms with van der Waals surface area (Å²) in [6.45, 7) is 2.91. The first-order valence-electron chi connectivity index (χ1n) is 5.68. The number of aryl methyl sites for hydroxylation is 1. The molecule has 0 saturated heterocycles. The lowest BCUT2D eigenvalue weighted by molar-refractivity contribution is 0.350. The number of halogens is 3. The van der Waals surface area contributed by atoms with Crippen molar-refractivity contribution < 1.29 is 26.1 Å². The third kappa shape index (κ3) is 3.22. The molecule has 1 unspecified atom stereocenters. The van der Waals surface area contributed by atoms with Crippen LogP contribution < -0.4 is 4.72 Å². The molecule has 0 bridgehead atoms. The smallest absolute Gasteiger partial charge is 0.244 e. The molecule has 1 aromatic carbocycles. The predicted octanol–water partition coefficient (Wildman–Crippen LogP) is 1.83. The minimum absolute atomic E-state index is 0.0425. The number of rotatable bonds is 4. The molecule has 0 saturated carbocycles. The zero-order valence-electron chi connectivity index (χ0n) is 10.9. The van der Waals surface area contributed by atoms with Gasteiger partial charge in [-0.15, -0.1) is 0 Å². The van der Waals surface area contributed by atoms with Crippen LogP contribution in [0.25, 0.3) is 0 Å². The molecular weight excluding hydrogens is 311 g/mol. The molecule has 1 atom stereocenters. The normalized spacial score (nSPS) is 13.4. The van der Waals surface area contributed by atoms with Crippen molar-refractivity contribution in [1.82, 2.24) is 14.9 Å². The Balaban J connectivity index is 2.32. The number of hydrogen-bond donors (Lipinski definition) is 1. The van der Waals surface area contributed by atoms with Crippen molar-refractivity contribution in [2.75, 3.05) is 0 Å². The summed E-state index contributed by atoms with van der Waals surface area (Å²) in [5, 5.41) is 3.48. The minimum Gasteiger partial charge on any atom is -0.338 e. The van der Waals surface area contributed by atoms with Crippen LogP contribution in [-0.4, -0.2) is 18.6 Å². The van der Waals surface area contributed by atoms with Crippen molar-refractivity contribution in [3.63, 3.8) is 0 Å². The summed E-state index contributed by atoms with van der Waals surface area (Å²) in [7, 11) is -4.43. The lowest BCUT2D eigenvalue weighted by Crippen LogP contribution is -2.28. The maximum Gasteiger partial charge on any atom is 0.244 e. The van der Waals surface area contributed by atoms with E-state index in [1.54, 1.807) is 0 Å². The molecule has 2 rings (SSSR count). The summed E-state index contributed by atoms with van der Waals surface area (Å²) >= 11 is 0. The zero-order chi connectivity index (χ0) is 15.8. The van der Waals surface area contributed by atoms with Crippen LogP contribution in [0.4, 0.5) is 13.2 Å². The van der Waals surface area contributed by atoms with Gasteiger partial charge in [-0.2, -0.15) is 9.71 Å². The lowest BCUT2D eigenvalue weighted by Gasteiger charge is -2.11. The molecule has 0 spiro atoms. The monoisotopic (exact) mass is 321 g/mol. The van der Waals surface area contributed by atoms with E-state index in [2.05, 4.69) is 10.1 Å². The molecule has 1 heterocycles. The van der Waals surface area contributed by atoms with Gasteiger partial charge in [0.2, 0.25) is 15.9 Å². The van der Waals surface area contributed by atoms with Crippen molar-refractivity contribution in [3.8, 4) is 0 Å². The topological polar surface area (TPSA) is 85.1 Å². The summed E-state index contributed by atoms with van der Waals surface area (Å²) in [4.78, 5) is 2.80. The lowest BCUT2D eigenvalue weighted by atomic mass is 10.3. The Hall–Kier alpha value is -1.94. The average Bonchev–Trinajstić information content (AvgIpc) is 2.80. The summed E-state index contributed by atoms with van der Waals surface area (Å²) in [5.41, 5.74) is 0. The van der Waals surface area contributed by atoms with E-state index in [9.17, 15) is 21.6 Å². The summed E-state index contributed by atoms with van der Waals surface area (Å²) in [6, 6.07) is -0.548. The number of nitrogens with zero attached hydrogens (tertiary/aromatic N) is 2. The van der Waals surface area contributed by atoms with Crippen LogP contribution in [0.1, 0.15) is 24.7 Å². The van der Waals surface area contributed by atoms with Crippen molar-refractivity contribution in [2.45, 2.75) is 24.8 Å². The molecule has 0 radical (unpaired) electrons. The molecule has 1 aromatic heterocycles. The van der Waals surface area contributed by atoms with Gasteiger partial charge in [-0.25, -0.2) is 21.6 Å². The fourth-order valence-electron chi connectivity index (χ4n) is 1.55. The fraction of sp³-hybridized carbons (Fsp3) is 0.273. The minimum atomic E-state index is -4.43. The van der Waals surface area contributed by atoms with E-state index in [0.717, 1.165) is 0 Å². The van der Waals surface area contributed by atoms with E-state index in [1.165, 1.54) is 13.8 Å². The molecule has 0 aliphatic heterocycles. The Morgan fingerprint density at radius 3 is 2.38 bits per heavy atom. The molecule has 1 N–H and O–H groups in total. The molecule has 114 valence electrons. The van der Waals surface area contributed by atoms with Crippen LogP contribution in [0.15, 0.2) is 21.6 Å². The number of aromatic nitrogens is 2. The standard InChI is InChI=1S/C11H10F3N3O3S/c1-5(11-15-6(2)16-20-11)17-21(18,19)10-4-8(13)7(12)3-9(10)14/h3-5,17H,1-2H3. The first kappa shape index (κ1) is 15.4. The predicted molar refractivity (Wildman–Crippen MR) is 64.1 cm³/mol. The van der Waals surface area contributed by atoms with Gasteiger partial charge in [0.1, 0.15) is 10.7 Å². The highest BCUT2D eigenvalue weighted by molar-refractivity contribution is 7.89. The van der Waals surface area contributed by atoms with E-state index in [1.807, 2.05) is 4.72 Å². The van der Waals surface area contributed by atoms with E-state index < -0.39 is 38.4 Å². The van der Waals surface area contributed by atoms with Crippen molar-refractivity contribution in [2.24, 2.45) is 0 Å². The molecule has 10 heteroatoms. The van der Waals surface area contributed by atoms with Crippen LogP contribution in [0, 0.1) is 24.4 Å². The second kappa shape index (κ2) is 5.45. The number of nitrogens with one attached hydrogen (secondary N) is 1. The molecule has 21 heavy (non-hydrogen) atoms. The highest BCUT2D eigenvalue weighted by Crippen LogP contribution is 2.21. The number of sulfonamides is 1. The van der Waals surface area contributed by atoms with Gasteiger partial charge in [-0.1, -0.05) is 5.16 Å². The van der Waals surface area contributed by atoms with Crippen LogP contribution in [0.3, 0.4) is 0 Å². The van der Waals surface area contributed by atoms with E-state index in [4.69, 9.17) is 4.52 Å². The fourth-order valence-corrected chi connectivity index (χ4v) is 2.81. The summed E-state index contributed by atoms with van der Waals surface area (Å²) < 4.78 is 70.2. The van der Waals surface area contributed by atoms with Gasteiger partial charge in [0, 0.05) is 6.07 Å². The van der Waals surface area contributed by atoms with Crippen LogP contribution in [0.5, 0.6) is 0 Å². The van der Waals surface area contributed by atoms with Gasteiger partial charge in [0.15, 0.2) is 17.5 Å². The first-order chi connectivity index (χ1) is 9.70. The van der Waals surface area contributed by atoms with Crippen molar-refractivity contribution in [3.05, 3.63) is 41.3 Å². The Kier molecular flexibility index (Phi) is 4.01. The van der Waals surface area contributed by atoms with Crippen molar-refractivity contribution in [1.29, 1.82) is 0 Å². The maximum atomic E-state index is 13.5. The van der Waals surface area contributed by atoms with Crippen LogP contribution >= 0.6 is 0 Å². The van der Waals surface area contributed by atoms with Crippen molar-refractivity contribution >= 4 is 10.0 Å². The number of benzene rings is 1. The SMILES string of the molecule is Cc1noc(C(C)NS(=O)(=O)c2cc(F)c(F)cc2F)n1. The van der Waals surface area contributed by atoms with Crippen LogP contribution in [-0.2, 0) is 10.0 Å². The highest BCUT2D eigenvalue weighted by Gasteiger charge is 2.26. The Morgan fingerprint density at radius 1 is 1.19 bits per heavy atom. The Morgan fingerprint density at radius 2 is 1.81 bits per heavy atom. The summed E-state index contributed by atoms with van der Waals surface area (Å²) in [6.07, 6.45) is 0. The molecule has 6 nitrogen and oxygen atoms in total. The molecular formula is C11H10F3N3O3S. The van der Waals surface area contributed by atoms with E-state index >= 15 is 0 Å². The van der Waals surface area contributed by atoms with Gasteiger partial charge in [-0.3, -0.25) is 0 Å². The Labute approximate surface area is 118 Å². The molecule has 0 amide bonds. The second-order valence-corrected chi connectivity index (χ2v) is 5.90. The van der Waals surface area contributed by atoms with Gasteiger partial charge < -0.3 is 4.52 Å². The van der Waals surface area contributed by atoms with Gasteiger partial charge in [0.05, 0.1) is 6.04 Å². The van der Waals surface area contributed by atoms with E-state index in [0.29, 0.717) is 0 Å². The molecule has 2 aromatic rings. The third-order valence-electron chi connectivity index (χ3n) is 2.51. The average molecular weight is 321 g/mol. The molecule has 0 aliphatic carbocycles. The van der Waals surface area contributed by atoms with Gasteiger partial charge in [-0.05, 0) is 19.9 Å². The van der Waals surface area contributed by atoms with E-state index in [-0.39, 0.29) is 23.8 Å². The quantitative estimate of drug-likeness (QED) is 0.869. The second-order valence-electron chi connectivity index (χ2n) is 4.22. The largest absolute Gasteiger partial charge is 0.338 e. The summed E-state index contributed by atoms with van der Waals surface area (Å²) in [5.74, 6) is -4.12. The number of hydrogen-bond acceptors (Lipinski definition) is 5. The molecule has 0 fully saturated rings. The maximum absolute atomic E-state index is 13.5. The van der Waals surface area contributed by atoms with Crippen LogP contribution in [0.2, 0.25) is 0 Å². The highest BCUT2D eigenvalue weighted by atomic mass is 32.2. The van der Waals surface area contributed by atoms with Gasteiger partial charge >= 0.3 is 0 Å². The third-order valence-corrected chi connectivity index (χ3v) is 4.07. The Bertz CT molecular complexity index is 776.